The van der Waals surface area contributed by atoms with Gasteiger partial charge in [0, 0.05) is 27.9 Å². The Kier molecular flexibility index (Phi) is 6.42. The summed E-state index contributed by atoms with van der Waals surface area (Å²) in [6.07, 6.45) is 0.284. The van der Waals surface area contributed by atoms with Gasteiger partial charge in [-0.2, -0.15) is 4.68 Å². The molecule has 0 saturated carbocycles. The van der Waals surface area contributed by atoms with Crippen LogP contribution in [0.5, 0.6) is 0 Å². The van der Waals surface area contributed by atoms with Crippen LogP contribution < -0.4 is 10.9 Å². The Labute approximate surface area is 218 Å². The normalized spacial score (nSPS) is 11.0. The second kappa shape index (κ2) is 9.84. The van der Waals surface area contributed by atoms with Gasteiger partial charge in [0.1, 0.15) is 18.0 Å². The first-order valence-corrected chi connectivity index (χ1v) is 11.5. The van der Waals surface area contributed by atoms with Crippen LogP contribution in [-0.4, -0.2) is 50.9 Å². The molecule has 0 unspecified atom stereocenters. The number of nitrogens with zero attached hydrogens (tertiary/aromatic N) is 7. The average Bonchev–Trinajstić information content (AvgIpc) is 3.51. The fourth-order valence-electron chi connectivity index (χ4n) is 3.79. The monoisotopic (exact) mass is 537 g/mol. The van der Waals surface area contributed by atoms with E-state index in [2.05, 4.69) is 35.8 Å². The van der Waals surface area contributed by atoms with Crippen molar-refractivity contribution >= 4 is 35.0 Å². The van der Waals surface area contributed by atoms with Gasteiger partial charge >= 0.3 is 6.09 Å². The fraction of sp³-hybridized carbons (Fsp3) is 0.0870. The van der Waals surface area contributed by atoms with Crippen LogP contribution in [0.1, 0.15) is 11.6 Å². The molecule has 0 spiro atoms. The Hall–Kier alpha value is -4.55. The SMILES string of the molecule is Cc1nc(-c2cc(Cl)ccc2-n2cnnn2)cc(=O)n1Cc1nc(Cl)c(-c2ccc(NC(=O)O)cc2)[nH]1. The molecule has 12 nitrogen and oxygen atoms in total. The summed E-state index contributed by atoms with van der Waals surface area (Å²) >= 11 is 12.6. The molecular formula is C23H17Cl2N9O3. The number of hydrogen-bond acceptors (Lipinski definition) is 7. The highest BCUT2D eigenvalue weighted by molar-refractivity contribution is 6.32. The van der Waals surface area contributed by atoms with E-state index in [4.69, 9.17) is 28.3 Å². The van der Waals surface area contributed by atoms with Crippen LogP contribution in [0.4, 0.5) is 10.5 Å². The van der Waals surface area contributed by atoms with E-state index in [0.29, 0.717) is 50.6 Å². The molecule has 37 heavy (non-hydrogen) atoms. The van der Waals surface area contributed by atoms with Gasteiger partial charge in [-0.1, -0.05) is 35.3 Å². The maximum atomic E-state index is 13.1. The van der Waals surface area contributed by atoms with Gasteiger partial charge in [-0.3, -0.25) is 14.7 Å². The number of amides is 1. The molecular weight excluding hydrogens is 521 g/mol. The topological polar surface area (TPSA) is 156 Å². The van der Waals surface area contributed by atoms with Crippen LogP contribution in [0.15, 0.2) is 59.7 Å². The van der Waals surface area contributed by atoms with Crippen LogP contribution >= 0.6 is 23.2 Å². The summed E-state index contributed by atoms with van der Waals surface area (Å²) in [5, 5.41) is 23.1. The molecule has 14 heteroatoms. The number of benzene rings is 2. The Balaban J connectivity index is 1.45. The summed E-state index contributed by atoms with van der Waals surface area (Å²) in [7, 11) is 0. The Morgan fingerprint density at radius 3 is 2.57 bits per heavy atom. The molecule has 186 valence electrons. The van der Waals surface area contributed by atoms with Gasteiger partial charge in [-0.05, 0) is 47.7 Å². The van der Waals surface area contributed by atoms with E-state index in [1.807, 2.05) is 0 Å². The molecule has 2 aromatic carbocycles. The molecule has 1 amide bonds. The van der Waals surface area contributed by atoms with E-state index in [1.54, 1.807) is 49.4 Å². The van der Waals surface area contributed by atoms with Gasteiger partial charge in [0.25, 0.3) is 5.56 Å². The summed E-state index contributed by atoms with van der Waals surface area (Å²) in [4.78, 5) is 36.0. The molecule has 0 atom stereocenters. The number of carboxylic acid groups (broad SMARTS) is 1. The Morgan fingerprint density at radius 2 is 1.89 bits per heavy atom. The van der Waals surface area contributed by atoms with E-state index in [0.717, 1.165) is 0 Å². The van der Waals surface area contributed by atoms with Gasteiger partial charge in [-0.25, -0.2) is 14.8 Å². The predicted octanol–water partition coefficient (Wildman–Crippen LogP) is 4.03. The highest BCUT2D eigenvalue weighted by atomic mass is 35.5. The third-order valence-electron chi connectivity index (χ3n) is 5.47. The van der Waals surface area contributed by atoms with E-state index in [1.165, 1.54) is 21.6 Å². The number of H-pyrrole nitrogens is 1. The van der Waals surface area contributed by atoms with Gasteiger partial charge in [0.05, 0.1) is 23.6 Å². The van der Waals surface area contributed by atoms with Crippen molar-refractivity contribution in [3.63, 3.8) is 0 Å². The van der Waals surface area contributed by atoms with Gasteiger partial charge in [-0.15, -0.1) is 5.10 Å². The summed E-state index contributed by atoms with van der Waals surface area (Å²) in [5.74, 6) is 0.896. The number of hydrogen-bond donors (Lipinski definition) is 3. The molecule has 0 aliphatic carbocycles. The van der Waals surface area contributed by atoms with E-state index >= 15 is 0 Å². The zero-order valence-electron chi connectivity index (χ0n) is 19.1. The molecule has 3 heterocycles. The minimum Gasteiger partial charge on any atom is -0.465 e. The molecule has 0 bridgehead atoms. The number of aromatic nitrogens is 8. The van der Waals surface area contributed by atoms with Crippen LogP contribution in [0, 0.1) is 6.92 Å². The minimum absolute atomic E-state index is 0.103. The van der Waals surface area contributed by atoms with Crippen molar-refractivity contribution in [3.8, 4) is 28.2 Å². The molecule has 0 aliphatic rings. The third-order valence-corrected chi connectivity index (χ3v) is 5.98. The highest BCUT2D eigenvalue weighted by Crippen LogP contribution is 2.29. The second-order valence-corrected chi connectivity index (χ2v) is 8.68. The van der Waals surface area contributed by atoms with E-state index < -0.39 is 6.09 Å². The lowest BCUT2D eigenvalue weighted by Gasteiger charge is -2.12. The third kappa shape index (κ3) is 5.06. The molecule has 0 radical (unpaired) electrons. The zero-order chi connectivity index (χ0) is 26.1. The van der Waals surface area contributed by atoms with E-state index in [9.17, 15) is 9.59 Å². The molecule has 5 rings (SSSR count). The maximum Gasteiger partial charge on any atom is 0.409 e. The number of halogens is 2. The number of aryl methyl sites for hydroxylation is 1. The summed E-state index contributed by atoms with van der Waals surface area (Å²) in [6.45, 7) is 1.82. The second-order valence-electron chi connectivity index (χ2n) is 7.89. The molecule has 0 fully saturated rings. The fourth-order valence-corrected chi connectivity index (χ4v) is 4.22. The van der Waals surface area contributed by atoms with Crippen molar-refractivity contribution in [3.05, 3.63) is 87.0 Å². The van der Waals surface area contributed by atoms with Crippen molar-refractivity contribution in [1.29, 1.82) is 0 Å². The standard InChI is InChI=1S/C23H17Cl2N9O3/c1-12-27-17(16-8-14(24)4-7-18(16)34-11-26-31-32-34)9-20(35)33(12)10-19-29-21(22(25)30-19)13-2-5-15(6-3-13)28-23(36)37/h2-9,11,28H,10H2,1H3,(H,29,30)(H,36,37). The number of imidazole rings is 1. The molecule has 3 aromatic heterocycles. The number of tetrazole rings is 1. The largest absolute Gasteiger partial charge is 0.465 e. The molecule has 3 N–H and O–H groups in total. The van der Waals surface area contributed by atoms with E-state index in [-0.39, 0.29) is 17.3 Å². The average molecular weight is 538 g/mol. The number of carbonyl (C=O) groups is 1. The quantitative estimate of drug-likeness (QED) is 0.293. The lowest BCUT2D eigenvalue weighted by Crippen LogP contribution is -2.24. The number of anilines is 1. The van der Waals surface area contributed by atoms with Crippen LogP contribution in [-0.2, 0) is 6.54 Å². The minimum atomic E-state index is -1.16. The van der Waals surface area contributed by atoms with Crippen LogP contribution in [0.3, 0.4) is 0 Å². The summed E-state index contributed by atoms with van der Waals surface area (Å²) < 4.78 is 2.93. The van der Waals surface area contributed by atoms with Gasteiger partial charge in [0.2, 0.25) is 0 Å². The first-order valence-electron chi connectivity index (χ1n) is 10.7. The van der Waals surface area contributed by atoms with Gasteiger partial charge < -0.3 is 10.1 Å². The Bertz CT molecular complexity index is 1660. The highest BCUT2D eigenvalue weighted by Gasteiger charge is 2.16. The van der Waals surface area contributed by atoms with Gasteiger partial charge in [0.15, 0.2) is 5.15 Å². The Morgan fingerprint density at radius 1 is 1.11 bits per heavy atom. The van der Waals surface area contributed by atoms with Crippen molar-refractivity contribution in [2.45, 2.75) is 13.5 Å². The number of nitrogens with one attached hydrogen (secondary N) is 2. The molecule has 0 aliphatic heterocycles. The summed E-state index contributed by atoms with van der Waals surface area (Å²) in [5.41, 5.74) is 2.99. The molecule has 0 saturated heterocycles. The van der Waals surface area contributed by atoms with Crippen LogP contribution in [0.25, 0.3) is 28.2 Å². The summed E-state index contributed by atoms with van der Waals surface area (Å²) in [6, 6.07) is 13.2. The van der Waals surface area contributed by atoms with Crippen molar-refractivity contribution in [1.82, 2.24) is 39.7 Å². The van der Waals surface area contributed by atoms with Crippen LogP contribution in [0.2, 0.25) is 10.2 Å². The zero-order valence-corrected chi connectivity index (χ0v) is 20.6. The first-order chi connectivity index (χ1) is 17.8. The maximum absolute atomic E-state index is 13.1. The lowest BCUT2D eigenvalue weighted by atomic mass is 10.1. The van der Waals surface area contributed by atoms with Crippen molar-refractivity contribution < 1.29 is 9.90 Å². The molecule has 5 aromatic rings. The predicted molar refractivity (Wildman–Crippen MR) is 136 cm³/mol. The first kappa shape index (κ1) is 24.2. The van der Waals surface area contributed by atoms with Crippen molar-refractivity contribution in [2.75, 3.05) is 5.32 Å². The number of rotatable bonds is 6. The van der Waals surface area contributed by atoms with Crippen molar-refractivity contribution in [2.24, 2.45) is 0 Å². The smallest absolute Gasteiger partial charge is 0.409 e. The number of aromatic amines is 1. The lowest BCUT2D eigenvalue weighted by molar-refractivity contribution is 0.209.